The normalized spacial score (nSPS) is 10.8. The second-order valence-corrected chi connectivity index (χ2v) is 4.44. The molecule has 0 unspecified atom stereocenters. The van der Waals surface area contributed by atoms with Crippen LogP contribution >= 0.6 is 11.3 Å². The topological polar surface area (TPSA) is 24.9 Å². The quantitative estimate of drug-likeness (QED) is 0.802. The lowest BCUT2D eigenvalue weighted by Gasteiger charge is -1.98. The minimum atomic E-state index is -0.203. The third-order valence-electron chi connectivity index (χ3n) is 2.16. The summed E-state index contributed by atoms with van der Waals surface area (Å²) in [6, 6.07) is 4.68. The SMILES string of the molecule is CCCCNc1nc2ccc(F)cc2s1. The fourth-order valence-electron chi connectivity index (χ4n) is 1.35. The molecule has 2 nitrogen and oxygen atoms in total. The zero-order valence-corrected chi connectivity index (χ0v) is 9.40. The molecule has 0 saturated heterocycles. The highest BCUT2D eigenvalue weighted by atomic mass is 32.1. The summed E-state index contributed by atoms with van der Waals surface area (Å²) >= 11 is 1.50. The minimum Gasteiger partial charge on any atom is -0.361 e. The van der Waals surface area contributed by atoms with E-state index in [1.54, 1.807) is 6.07 Å². The lowest BCUT2D eigenvalue weighted by molar-refractivity contribution is 0.630. The first-order valence-corrected chi connectivity index (χ1v) is 5.91. The zero-order chi connectivity index (χ0) is 10.7. The number of benzene rings is 1. The smallest absolute Gasteiger partial charge is 0.183 e. The van der Waals surface area contributed by atoms with E-state index in [1.807, 2.05) is 0 Å². The number of unbranched alkanes of at least 4 members (excludes halogenated alkanes) is 1. The molecule has 1 heterocycles. The number of halogens is 1. The van der Waals surface area contributed by atoms with Crippen LogP contribution in [0.3, 0.4) is 0 Å². The number of hydrogen-bond acceptors (Lipinski definition) is 3. The van der Waals surface area contributed by atoms with Gasteiger partial charge in [-0.25, -0.2) is 9.37 Å². The monoisotopic (exact) mass is 224 g/mol. The summed E-state index contributed by atoms with van der Waals surface area (Å²) in [5.74, 6) is -0.203. The first-order valence-electron chi connectivity index (χ1n) is 5.09. The van der Waals surface area contributed by atoms with E-state index >= 15 is 0 Å². The van der Waals surface area contributed by atoms with Crippen LogP contribution < -0.4 is 5.32 Å². The Morgan fingerprint density at radius 3 is 3.13 bits per heavy atom. The second kappa shape index (κ2) is 4.57. The van der Waals surface area contributed by atoms with E-state index in [-0.39, 0.29) is 5.82 Å². The van der Waals surface area contributed by atoms with E-state index in [0.717, 1.165) is 34.7 Å². The standard InChI is InChI=1S/C11H13FN2S/c1-2-3-6-13-11-14-9-5-4-8(12)7-10(9)15-11/h4-5,7H,2-3,6H2,1H3,(H,13,14). The van der Waals surface area contributed by atoms with Crippen LogP contribution in [-0.4, -0.2) is 11.5 Å². The summed E-state index contributed by atoms with van der Waals surface area (Å²) in [6.07, 6.45) is 2.29. The van der Waals surface area contributed by atoms with Gasteiger partial charge in [-0.2, -0.15) is 0 Å². The summed E-state index contributed by atoms with van der Waals surface area (Å²) in [5.41, 5.74) is 0.861. The molecular formula is C11H13FN2S. The van der Waals surface area contributed by atoms with Gasteiger partial charge in [0.2, 0.25) is 0 Å². The third kappa shape index (κ3) is 2.45. The van der Waals surface area contributed by atoms with Crippen LogP contribution in [0.25, 0.3) is 10.2 Å². The molecule has 0 atom stereocenters. The Morgan fingerprint density at radius 1 is 1.47 bits per heavy atom. The molecule has 1 aromatic heterocycles. The molecule has 0 amide bonds. The van der Waals surface area contributed by atoms with Crippen molar-refractivity contribution >= 4 is 26.7 Å². The molecule has 2 aromatic rings. The maximum atomic E-state index is 12.9. The maximum absolute atomic E-state index is 12.9. The molecule has 4 heteroatoms. The molecule has 0 aliphatic carbocycles. The zero-order valence-electron chi connectivity index (χ0n) is 8.59. The van der Waals surface area contributed by atoms with Gasteiger partial charge in [-0.15, -0.1) is 0 Å². The van der Waals surface area contributed by atoms with Crippen molar-refractivity contribution < 1.29 is 4.39 Å². The van der Waals surface area contributed by atoms with Gasteiger partial charge in [0.15, 0.2) is 5.13 Å². The highest BCUT2D eigenvalue weighted by Gasteiger charge is 2.03. The Labute approximate surface area is 92.1 Å². The van der Waals surface area contributed by atoms with E-state index in [4.69, 9.17) is 0 Å². The average molecular weight is 224 g/mol. The van der Waals surface area contributed by atoms with E-state index in [2.05, 4.69) is 17.2 Å². The first kappa shape index (κ1) is 10.4. The fraction of sp³-hybridized carbons (Fsp3) is 0.364. The van der Waals surface area contributed by atoms with E-state index in [9.17, 15) is 4.39 Å². The molecule has 1 N–H and O–H groups in total. The summed E-state index contributed by atoms with van der Waals surface area (Å²) in [4.78, 5) is 4.37. The Kier molecular flexibility index (Phi) is 3.16. The Balaban J connectivity index is 2.16. The Bertz CT molecular complexity index is 453. The second-order valence-electron chi connectivity index (χ2n) is 3.41. The van der Waals surface area contributed by atoms with E-state index in [1.165, 1.54) is 23.5 Å². The number of hydrogen-bond donors (Lipinski definition) is 1. The summed E-state index contributed by atoms with van der Waals surface area (Å²) in [7, 11) is 0. The van der Waals surface area contributed by atoms with Crippen molar-refractivity contribution in [3.63, 3.8) is 0 Å². The summed E-state index contributed by atoms with van der Waals surface area (Å²) < 4.78 is 13.8. The lowest BCUT2D eigenvalue weighted by atomic mass is 10.3. The minimum absolute atomic E-state index is 0.203. The van der Waals surface area contributed by atoms with Gasteiger partial charge < -0.3 is 5.32 Å². The number of thiazole rings is 1. The van der Waals surface area contributed by atoms with Crippen molar-refractivity contribution in [1.29, 1.82) is 0 Å². The largest absolute Gasteiger partial charge is 0.361 e. The molecule has 0 fully saturated rings. The van der Waals surface area contributed by atoms with Crippen molar-refractivity contribution in [1.82, 2.24) is 4.98 Å². The predicted octanol–water partition coefficient (Wildman–Crippen LogP) is 3.65. The molecular weight excluding hydrogens is 211 g/mol. The van der Waals surface area contributed by atoms with Gasteiger partial charge in [0.1, 0.15) is 5.82 Å². The van der Waals surface area contributed by atoms with Gasteiger partial charge in [-0.1, -0.05) is 24.7 Å². The van der Waals surface area contributed by atoms with Gasteiger partial charge in [0.25, 0.3) is 0 Å². The van der Waals surface area contributed by atoms with Gasteiger partial charge in [0, 0.05) is 6.54 Å². The van der Waals surface area contributed by atoms with Gasteiger partial charge in [-0.05, 0) is 24.6 Å². The van der Waals surface area contributed by atoms with Crippen LogP contribution in [0.15, 0.2) is 18.2 Å². The molecule has 0 aliphatic rings. The van der Waals surface area contributed by atoms with Gasteiger partial charge in [-0.3, -0.25) is 0 Å². The van der Waals surface area contributed by atoms with Crippen LogP contribution in [0.4, 0.5) is 9.52 Å². The van der Waals surface area contributed by atoms with Crippen LogP contribution in [0.5, 0.6) is 0 Å². The van der Waals surface area contributed by atoms with Crippen molar-refractivity contribution in [3.8, 4) is 0 Å². The van der Waals surface area contributed by atoms with Crippen molar-refractivity contribution in [2.75, 3.05) is 11.9 Å². The number of aromatic nitrogens is 1. The van der Waals surface area contributed by atoms with Crippen LogP contribution in [0.2, 0.25) is 0 Å². The third-order valence-corrected chi connectivity index (χ3v) is 3.13. The van der Waals surface area contributed by atoms with Crippen molar-refractivity contribution in [3.05, 3.63) is 24.0 Å². The lowest BCUT2D eigenvalue weighted by Crippen LogP contribution is -1.99. The first-order chi connectivity index (χ1) is 7.29. The van der Waals surface area contributed by atoms with Crippen molar-refractivity contribution in [2.24, 2.45) is 0 Å². The fourth-order valence-corrected chi connectivity index (χ4v) is 2.26. The van der Waals surface area contributed by atoms with E-state index in [0.29, 0.717) is 0 Å². The van der Waals surface area contributed by atoms with Gasteiger partial charge >= 0.3 is 0 Å². The Hall–Kier alpha value is -1.16. The molecule has 1 aromatic carbocycles. The maximum Gasteiger partial charge on any atom is 0.183 e. The van der Waals surface area contributed by atoms with Gasteiger partial charge in [0.05, 0.1) is 10.2 Å². The van der Waals surface area contributed by atoms with Crippen LogP contribution in [0.1, 0.15) is 19.8 Å². The molecule has 0 radical (unpaired) electrons. The summed E-state index contributed by atoms with van der Waals surface area (Å²) in [6.45, 7) is 3.08. The molecule has 2 rings (SSSR count). The molecule has 0 bridgehead atoms. The highest BCUT2D eigenvalue weighted by molar-refractivity contribution is 7.22. The van der Waals surface area contributed by atoms with E-state index < -0.39 is 0 Å². The molecule has 15 heavy (non-hydrogen) atoms. The molecule has 0 saturated carbocycles. The number of nitrogens with one attached hydrogen (secondary N) is 1. The summed E-state index contributed by atoms with van der Waals surface area (Å²) in [5, 5.41) is 4.12. The predicted molar refractivity (Wildman–Crippen MR) is 63.0 cm³/mol. The number of fused-ring (bicyclic) bond motifs is 1. The molecule has 0 spiro atoms. The van der Waals surface area contributed by atoms with Crippen LogP contribution in [0, 0.1) is 5.82 Å². The van der Waals surface area contributed by atoms with Crippen molar-refractivity contribution in [2.45, 2.75) is 19.8 Å². The molecule has 80 valence electrons. The number of nitrogens with zero attached hydrogens (tertiary/aromatic N) is 1. The average Bonchev–Trinajstić information content (AvgIpc) is 2.60. The Morgan fingerprint density at radius 2 is 2.33 bits per heavy atom. The number of rotatable bonds is 4. The molecule has 0 aliphatic heterocycles. The number of anilines is 1. The highest BCUT2D eigenvalue weighted by Crippen LogP contribution is 2.26. The van der Waals surface area contributed by atoms with Crippen LogP contribution in [-0.2, 0) is 0 Å².